The fourth-order valence-electron chi connectivity index (χ4n) is 14.0. The van der Waals surface area contributed by atoms with Crippen LogP contribution in [0.5, 0.6) is 0 Å². The van der Waals surface area contributed by atoms with Gasteiger partial charge in [0.15, 0.2) is 0 Å². The molecule has 0 aliphatic heterocycles. The Labute approximate surface area is 327 Å². The second-order valence-electron chi connectivity index (χ2n) is 19.6. The maximum Gasteiger partial charge on any atom is 0.0543 e. The predicted octanol–water partition coefficient (Wildman–Crippen LogP) is 14.2. The largest absolute Gasteiger partial charge is 0.309 e. The van der Waals surface area contributed by atoms with Crippen LogP contribution in [0.25, 0.3) is 33.4 Å². The maximum absolute atomic E-state index is 2.62. The van der Waals surface area contributed by atoms with Crippen LogP contribution in [0, 0.1) is 29.1 Å². The predicted molar refractivity (Wildman–Crippen MR) is 228 cm³/mol. The van der Waals surface area contributed by atoms with Gasteiger partial charge in [-0.2, -0.15) is 0 Å². The number of para-hydroxylation sites is 1. The third-order valence-corrected chi connectivity index (χ3v) is 16.4. The quantitative estimate of drug-likeness (QED) is 0.172. The van der Waals surface area contributed by atoms with Crippen LogP contribution >= 0.6 is 0 Å². The summed E-state index contributed by atoms with van der Waals surface area (Å²) in [6, 6.07) is 53.7. The molecular weight excluding hydrogens is 663 g/mol. The highest BCUT2D eigenvalue weighted by molar-refractivity contribution is 5.98. The second kappa shape index (κ2) is 10.9. The molecule has 1 heteroatoms. The molecule has 0 aromatic heterocycles. The van der Waals surface area contributed by atoms with E-state index < -0.39 is 0 Å². The molecule has 6 aliphatic rings. The first-order chi connectivity index (χ1) is 26.7. The van der Waals surface area contributed by atoms with Crippen molar-refractivity contribution in [3.8, 4) is 33.4 Å². The van der Waals surface area contributed by atoms with Gasteiger partial charge >= 0.3 is 0 Å². The molecule has 6 unspecified atom stereocenters. The van der Waals surface area contributed by atoms with E-state index in [4.69, 9.17) is 0 Å². The minimum absolute atomic E-state index is 0.140. The van der Waals surface area contributed by atoms with Crippen LogP contribution in [0.2, 0.25) is 0 Å². The normalized spacial score (nSPS) is 29.1. The van der Waals surface area contributed by atoms with Gasteiger partial charge in [-0.3, -0.25) is 0 Å². The molecule has 272 valence electrons. The lowest BCUT2D eigenvalue weighted by molar-refractivity contribution is -0.231. The van der Waals surface area contributed by atoms with E-state index in [-0.39, 0.29) is 16.2 Å². The van der Waals surface area contributed by atoms with Gasteiger partial charge in [-0.25, -0.2) is 0 Å². The summed E-state index contributed by atoms with van der Waals surface area (Å²) in [6.45, 7) is 9.76. The summed E-state index contributed by atoms with van der Waals surface area (Å²) in [5, 5.41) is 0. The van der Waals surface area contributed by atoms with Crippen LogP contribution in [0.4, 0.5) is 17.1 Å². The minimum Gasteiger partial charge on any atom is -0.309 e. The third-order valence-electron chi connectivity index (χ3n) is 16.4. The van der Waals surface area contributed by atoms with Crippen molar-refractivity contribution in [2.75, 3.05) is 4.90 Å². The summed E-state index contributed by atoms with van der Waals surface area (Å²) >= 11 is 0. The van der Waals surface area contributed by atoms with Crippen LogP contribution in [0.15, 0.2) is 140 Å². The lowest BCUT2D eigenvalue weighted by Gasteiger charge is -2.76. The van der Waals surface area contributed by atoms with Crippen LogP contribution in [0.3, 0.4) is 0 Å². The summed E-state index contributed by atoms with van der Waals surface area (Å²) in [4.78, 5) is 2.62. The molecule has 0 radical (unpaired) electrons. The maximum atomic E-state index is 2.62. The van der Waals surface area contributed by atoms with E-state index in [2.05, 4.69) is 172 Å². The van der Waals surface area contributed by atoms with Gasteiger partial charge in [0.2, 0.25) is 0 Å². The van der Waals surface area contributed by atoms with Gasteiger partial charge in [0, 0.05) is 22.2 Å². The molecule has 6 aliphatic carbocycles. The van der Waals surface area contributed by atoms with Crippen molar-refractivity contribution in [3.05, 3.63) is 162 Å². The first-order valence-electron chi connectivity index (χ1n) is 21.2. The van der Waals surface area contributed by atoms with E-state index in [1.165, 1.54) is 100 Å². The van der Waals surface area contributed by atoms with Crippen LogP contribution < -0.4 is 4.90 Å². The van der Waals surface area contributed by atoms with E-state index in [1.807, 2.05) is 0 Å². The van der Waals surface area contributed by atoms with Gasteiger partial charge in [-0.15, -0.1) is 0 Å². The average molecular weight is 714 g/mol. The van der Waals surface area contributed by atoms with Crippen LogP contribution in [0.1, 0.15) is 88.5 Å². The van der Waals surface area contributed by atoms with Crippen LogP contribution in [-0.2, 0) is 16.2 Å². The Bertz CT molecular complexity index is 2540. The van der Waals surface area contributed by atoms with Gasteiger partial charge in [0.25, 0.3) is 0 Å². The molecule has 0 heterocycles. The molecule has 12 rings (SSSR count). The van der Waals surface area contributed by atoms with Crippen molar-refractivity contribution < 1.29 is 0 Å². The number of rotatable bonds is 5. The molecule has 55 heavy (non-hydrogen) atoms. The number of anilines is 3. The molecule has 6 atom stereocenters. The van der Waals surface area contributed by atoms with Gasteiger partial charge in [-0.1, -0.05) is 143 Å². The first kappa shape index (κ1) is 32.4. The van der Waals surface area contributed by atoms with E-state index in [1.54, 1.807) is 11.1 Å². The first-order valence-corrected chi connectivity index (χ1v) is 21.2. The number of fused-ring (bicyclic) bond motifs is 9. The Morgan fingerprint density at radius 2 is 1.13 bits per heavy atom. The Balaban J connectivity index is 1.08. The van der Waals surface area contributed by atoms with Crippen molar-refractivity contribution in [1.82, 2.24) is 0 Å². The zero-order valence-corrected chi connectivity index (χ0v) is 32.8. The topological polar surface area (TPSA) is 3.24 Å². The molecule has 4 saturated carbocycles. The van der Waals surface area contributed by atoms with Gasteiger partial charge < -0.3 is 4.90 Å². The van der Waals surface area contributed by atoms with Crippen molar-refractivity contribution in [1.29, 1.82) is 0 Å². The fraction of sp³-hybridized carbons (Fsp3) is 0.333. The monoisotopic (exact) mass is 713 g/mol. The third kappa shape index (κ3) is 4.05. The summed E-state index contributed by atoms with van der Waals surface area (Å²) < 4.78 is 0. The van der Waals surface area contributed by atoms with Crippen LogP contribution in [-0.4, -0.2) is 0 Å². The smallest absolute Gasteiger partial charge is 0.0543 e. The summed E-state index contributed by atoms with van der Waals surface area (Å²) in [6.07, 6.45) is 8.27. The molecule has 1 nitrogen and oxygen atoms in total. The molecule has 6 aromatic carbocycles. The van der Waals surface area contributed by atoms with Crippen molar-refractivity contribution >= 4 is 17.1 Å². The molecule has 4 fully saturated rings. The standard InChI is InChI=1S/C54H51N/c1-51(2)27-28-52(3,4)45-31-37(23-26-43(45)51)40-15-9-11-19-46(40)55(39-24-21-36(22-25-39)35-13-6-5-7-14-35)47-20-12-18-44-50(47)41-16-8-10-17-42(41)54(44)48-30-34-29-38-32-49(54)53(38,48)33-34/h5-26,31,34,38,48-49H,27-30,32-33H2,1-4H3. The van der Waals surface area contributed by atoms with Crippen molar-refractivity contribution in [2.24, 2.45) is 29.1 Å². The lowest BCUT2D eigenvalue weighted by Crippen LogP contribution is -2.73. The highest BCUT2D eigenvalue weighted by atomic mass is 15.1. The minimum atomic E-state index is 0.140. The highest BCUT2D eigenvalue weighted by Crippen LogP contribution is 2.89. The Morgan fingerprint density at radius 3 is 1.93 bits per heavy atom. The summed E-state index contributed by atoms with van der Waals surface area (Å²) in [5.41, 5.74) is 19.1. The van der Waals surface area contributed by atoms with Gasteiger partial charge in [0.05, 0.1) is 11.4 Å². The zero-order chi connectivity index (χ0) is 36.9. The number of benzene rings is 6. The number of hydrogen-bond acceptors (Lipinski definition) is 1. The molecule has 0 saturated heterocycles. The zero-order valence-electron chi connectivity index (χ0n) is 32.8. The molecule has 6 aromatic rings. The fourth-order valence-corrected chi connectivity index (χ4v) is 14.0. The summed E-state index contributed by atoms with van der Waals surface area (Å²) in [7, 11) is 0. The molecule has 2 bridgehead atoms. The van der Waals surface area contributed by atoms with Gasteiger partial charge in [0.1, 0.15) is 0 Å². The van der Waals surface area contributed by atoms with Gasteiger partial charge in [-0.05, 0) is 147 Å². The number of nitrogens with zero attached hydrogens (tertiary/aromatic N) is 1. The molecule has 2 spiro atoms. The van der Waals surface area contributed by atoms with E-state index in [0.29, 0.717) is 5.41 Å². The highest BCUT2D eigenvalue weighted by Gasteiger charge is 2.84. The van der Waals surface area contributed by atoms with Crippen molar-refractivity contribution in [3.63, 3.8) is 0 Å². The van der Waals surface area contributed by atoms with E-state index in [0.717, 1.165) is 23.7 Å². The summed E-state index contributed by atoms with van der Waals surface area (Å²) in [5.74, 6) is 3.49. The average Bonchev–Trinajstić information content (AvgIpc) is 3.85. The SMILES string of the molecule is CC1(C)CCC(C)(C)c2cc(-c3ccccc3N(c3ccc(-c4ccccc4)cc3)c3cccc4c3-c3ccccc3C43C4CC5CC6CC3C64C5)ccc21. The number of hydrogen-bond donors (Lipinski definition) is 0. The molecule has 0 amide bonds. The second-order valence-corrected chi connectivity index (χ2v) is 19.6. The lowest BCUT2D eigenvalue weighted by atomic mass is 9.27. The van der Waals surface area contributed by atoms with E-state index >= 15 is 0 Å². The Hall–Kier alpha value is -4.88. The molecule has 0 N–H and O–H groups in total. The Kier molecular flexibility index (Phi) is 6.42. The Morgan fingerprint density at radius 1 is 0.491 bits per heavy atom. The van der Waals surface area contributed by atoms with E-state index in [9.17, 15) is 0 Å². The molecular formula is C54H51N. The van der Waals surface area contributed by atoms with Crippen molar-refractivity contribution in [2.45, 2.75) is 82.5 Å².